The summed E-state index contributed by atoms with van der Waals surface area (Å²) in [6.07, 6.45) is 1.94. The lowest BCUT2D eigenvalue weighted by molar-refractivity contribution is -0.132. The molecule has 0 aliphatic carbocycles. The van der Waals surface area contributed by atoms with E-state index in [1.807, 2.05) is 12.3 Å². The summed E-state index contributed by atoms with van der Waals surface area (Å²) in [5.41, 5.74) is 2.18. The first-order valence-electron chi connectivity index (χ1n) is 7.63. The van der Waals surface area contributed by atoms with Crippen LogP contribution in [0.1, 0.15) is 22.8 Å². The zero-order chi connectivity index (χ0) is 18.0. The van der Waals surface area contributed by atoms with Gasteiger partial charge in [-0.2, -0.15) is 5.01 Å². The molecule has 0 aromatic heterocycles. The van der Waals surface area contributed by atoms with Crippen molar-refractivity contribution >= 4 is 29.6 Å². The Balaban J connectivity index is 1.80. The van der Waals surface area contributed by atoms with Crippen LogP contribution in [0.25, 0.3) is 0 Å². The van der Waals surface area contributed by atoms with Crippen LogP contribution in [0, 0.1) is 0 Å². The Labute approximate surface area is 149 Å². The van der Waals surface area contributed by atoms with Gasteiger partial charge in [-0.1, -0.05) is 30.3 Å². The fraction of sp³-hybridized carbons (Fsp3) is 0.167. The molecule has 0 saturated carbocycles. The molecule has 2 aromatic rings. The molecule has 1 aliphatic heterocycles. The first-order valence-corrected chi connectivity index (χ1v) is 8.85. The molecule has 3 rings (SSSR count). The Hall–Kier alpha value is -2.80. The van der Waals surface area contributed by atoms with Crippen LogP contribution in [0.15, 0.2) is 59.5 Å². The van der Waals surface area contributed by atoms with Gasteiger partial charge in [-0.3, -0.25) is 15.0 Å². The number of hydrazine groups is 1. The van der Waals surface area contributed by atoms with Crippen molar-refractivity contribution in [3.8, 4) is 0 Å². The number of imide groups is 1. The number of hydrogen-bond donors (Lipinski definition) is 2. The van der Waals surface area contributed by atoms with Crippen LogP contribution >= 0.6 is 11.8 Å². The number of carbonyl (C=O) groups excluding carboxylic acids is 3. The molecule has 2 aromatic carbocycles. The SMILES string of the molecule is CSc1ccc(C(=O)NN2C(=O)NC(C)(c3ccccc3)C2=O)cc1. The van der Waals surface area contributed by atoms with Gasteiger partial charge >= 0.3 is 6.03 Å². The third-order valence-electron chi connectivity index (χ3n) is 4.11. The van der Waals surface area contributed by atoms with E-state index in [0.717, 1.165) is 9.90 Å². The number of hydrogen-bond acceptors (Lipinski definition) is 4. The van der Waals surface area contributed by atoms with Gasteiger partial charge in [0.25, 0.3) is 11.8 Å². The summed E-state index contributed by atoms with van der Waals surface area (Å²) >= 11 is 1.56. The van der Waals surface area contributed by atoms with Gasteiger partial charge in [-0.05, 0) is 43.0 Å². The van der Waals surface area contributed by atoms with Gasteiger partial charge in [0.2, 0.25) is 0 Å². The van der Waals surface area contributed by atoms with Crippen molar-refractivity contribution in [3.05, 3.63) is 65.7 Å². The third-order valence-corrected chi connectivity index (χ3v) is 4.85. The van der Waals surface area contributed by atoms with E-state index < -0.39 is 23.4 Å². The van der Waals surface area contributed by atoms with Gasteiger partial charge in [-0.25, -0.2) is 4.79 Å². The molecular weight excluding hydrogens is 338 g/mol. The first kappa shape index (κ1) is 17.0. The average Bonchev–Trinajstić information content (AvgIpc) is 2.86. The maximum atomic E-state index is 12.7. The molecule has 0 spiro atoms. The Morgan fingerprint density at radius 3 is 2.32 bits per heavy atom. The Bertz CT molecular complexity index is 823. The molecular formula is C18H17N3O3S. The van der Waals surface area contributed by atoms with Crippen molar-refractivity contribution in [3.63, 3.8) is 0 Å². The van der Waals surface area contributed by atoms with E-state index in [0.29, 0.717) is 11.1 Å². The number of benzene rings is 2. The molecule has 0 bridgehead atoms. The fourth-order valence-corrected chi connectivity index (χ4v) is 3.02. The van der Waals surface area contributed by atoms with Gasteiger partial charge in [0.05, 0.1) is 0 Å². The molecule has 1 atom stereocenters. The summed E-state index contributed by atoms with van der Waals surface area (Å²) in [5.74, 6) is -1.05. The van der Waals surface area contributed by atoms with E-state index in [4.69, 9.17) is 0 Å². The molecule has 7 heteroatoms. The van der Waals surface area contributed by atoms with Crippen LogP contribution in [-0.4, -0.2) is 29.1 Å². The summed E-state index contributed by atoms with van der Waals surface area (Å²) in [4.78, 5) is 38.3. The number of carbonyl (C=O) groups is 3. The number of thioether (sulfide) groups is 1. The molecule has 0 radical (unpaired) electrons. The van der Waals surface area contributed by atoms with E-state index in [1.54, 1.807) is 67.2 Å². The van der Waals surface area contributed by atoms with Gasteiger partial charge in [-0.15, -0.1) is 11.8 Å². The van der Waals surface area contributed by atoms with Crippen LogP contribution in [0.4, 0.5) is 4.79 Å². The lowest BCUT2D eigenvalue weighted by Gasteiger charge is -2.22. The predicted octanol–water partition coefficient (Wildman–Crippen LogP) is 2.52. The van der Waals surface area contributed by atoms with Crippen LogP contribution in [0.3, 0.4) is 0 Å². The van der Waals surface area contributed by atoms with Gasteiger partial charge in [0.1, 0.15) is 5.54 Å². The monoisotopic (exact) mass is 355 g/mol. The molecule has 6 nitrogen and oxygen atoms in total. The highest BCUT2D eigenvalue weighted by molar-refractivity contribution is 7.98. The Morgan fingerprint density at radius 1 is 1.08 bits per heavy atom. The van der Waals surface area contributed by atoms with E-state index >= 15 is 0 Å². The van der Waals surface area contributed by atoms with E-state index in [1.165, 1.54) is 0 Å². The number of nitrogens with zero attached hydrogens (tertiary/aromatic N) is 1. The quantitative estimate of drug-likeness (QED) is 0.652. The van der Waals surface area contributed by atoms with Crippen LogP contribution in [0.5, 0.6) is 0 Å². The number of urea groups is 1. The minimum absolute atomic E-state index is 0.367. The minimum atomic E-state index is -1.21. The largest absolute Gasteiger partial charge is 0.344 e. The number of nitrogens with one attached hydrogen (secondary N) is 2. The summed E-state index contributed by atoms with van der Waals surface area (Å²) < 4.78 is 0. The summed E-state index contributed by atoms with van der Waals surface area (Å²) in [5, 5.41) is 3.37. The maximum Gasteiger partial charge on any atom is 0.344 e. The highest BCUT2D eigenvalue weighted by Crippen LogP contribution is 2.27. The smallest absolute Gasteiger partial charge is 0.318 e. The van der Waals surface area contributed by atoms with Crippen molar-refractivity contribution in [2.24, 2.45) is 0 Å². The second kappa shape index (κ2) is 6.60. The topological polar surface area (TPSA) is 78.5 Å². The van der Waals surface area contributed by atoms with E-state index in [9.17, 15) is 14.4 Å². The Morgan fingerprint density at radius 2 is 1.72 bits per heavy atom. The second-order valence-corrected chi connectivity index (χ2v) is 6.61. The van der Waals surface area contributed by atoms with Crippen molar-refractivity contribution in [1.82, 2.24) is 15.8 Å². The predicted molar refractivity (Wildman–Crippen MR) is 94.9 cm³/mol. The normalized spacial score (nSPS) is 19.7. The Kier molecular flexibility index (Phi) is 4.50. The molecule has 1 aliphatic rings. The third kappa shape index (κ3) is 3.10. The van der Waals surface area contributed by atoms with Crippen LogP contribution < -0.4 is 10.7 Å². The molecule has 4 amide bonds. The first-order chi connectivity index (χ1) is 12.0. The minimum Gasteiger partial charge on any atom is -0.318 e. The lowest BCUT2D eigenvalue weighted by atomic mass is 9.92. The summed E-state index contributed by atoms with van der Waals surface area (Å²) in [7, 11) is 0. The lowest BCUT2D eigenvalue weighted by Crippen LogP contribution is -2.47. The number of rotatable bonds is 4. The van der Waals surface area contributed by atoms with Crippen LogP contribution in [-0.2, 0) is 10.3 Å². The fourth-order valence-electron chi connectivity index (χ4n) is 2.62. The van der Waals surface area contributed by atoms with Gasteiger partial charge in [0.15, 0.2) is 0 Å². The zero-order valence-electron chi connectivity index (χ0n) is 13.8. The van der Waals surface area contributed by atoms with E-state index in [2.05, 4.69) is 10.7 Å². The van der Waals surface area contributed by atoms with Crippen molar-refractivity contribution in [2.75, 3.05) is 6.26 Å². The highest BCUT2D eigenvalue weighted by atomic mass is 32.2. The molecule has 1 saturated heterocycles. The van der Waals surface area contributed by atoms with Gasteiger partial charge in [0, 0.05) is 10.5 Å². The zero-order valence-corrected chi connectivity index (χ0v) is 14.6. The molecule has 1 fully saturated rings. The molecule has 1 heterocycles. The van der Waals surface area contributed by atoms with Crippen molar-refractivity contribution in [2.45, 2.75) is 17.4 Å². The maximum absolute atomic E-state index is 12.7. The molecule has 1 unspecified atom stereocenters. The van der Waals surface area contributed by atoms with Gasteiger partial charge < -0.3 is 5.32 Å². The average molecular weight is 355 g/mol. The molecule has 25 heavy (non-hydrogen) atoms. The number of amides is 4. The van der Waals surface area contributed by atoms with E-state index in [-0.39, 0.29) is 0 Å². The summed E-state index contributed by atoms with van der Waals surface area (Å²) in [6, 6.07) is 15.2. The molecule has 2 N–H and O–H groups in total. The molecule has 128 valence electrons. The summed E-state index contributed by atoms with van der Waals surface area (Å²) in [6.45, 7) is 1.61. The second-order valence-electron chi connectivity index (χ2n) is 5.73. The highest BCUT2D eigenvalue weighted by Gasteiger charge is 2.50. The van der Waals surface area contributed by atoms with Crippen molar-refractivity contribution in [1.29, 1.82) is 0 Å². The standard InChI is InChI=1S/C18H17N3O3S/c1-18(13-6-4-3-5-7-13)16(23)21(17(24)19-18)20-15(22)12-8-10-14(25-2)11-9-12/h3-11H,1-2H3,(H,19,24)(H,20,22). The van der Waals surface area contributed by atoms with Crippen molar-refractivity contribution < 1.29 is 14.4 Å². The van der Waals surface area contributed by atoms with Crippen LogP contribution in [0.2, 0.25) is 0 Å².